The van der Waals surface area contributed by atoms with Crippen molar-refractivity contribution in [1.29, 1.82) is 0 Å². The zero-order valence-corrected chi connectivity index (χ0v) is 21.6. The first-order valence-corrected chi connectivity index (χ1v) is 13.6. The average Bonchev–Trinajstić information content (AvgIpc) is 3.50. The van der Waals surface area contributed by atoms with Crippen LogP contribution in [0.1, 0.15) is 41.1 Å². The summed E-state index contributed by atoms with van der Waals surface area (Å²) in [5, 5.41) is 10.1. The Morgan fingerprint density at radius 2 is 1.83 bits per heavy atom. The third-order valence-electron chi connectivity index (χ3n) is 6.80. The number of carbonyl (C=O) groups excluding carboxylic acids is 1. The molecule has 5 aromatic rings. The van der Waals surface area contributed by atoms with Gasteiger partial charge in [0, 0.05) is 16.9 Å². The normalized spacial score (nSPS) is 17.5. The van der Waals surface area contributed by atoms with E-state index in [1.807, 2.05) is 65.1 Å². The molecular formula is C27H24N4O3S2. The number of fused-ring (bicyclic) bond motifs is 5. The molecule has 0 amide bonds. The minimum absolute atomic E-state index is 0.0163. The molecule has 0 bridgehead atoms. The molecule has 0 fully saturated rings. The first-order valence-electron chi connectivity index (χ1n) is 11.8. The molecule has 0 spiro atoms. The number of para-hydroxylation sites is 1. The Bertz CT molecular complexity index is 1660. The van der Waals surface area contributed by atoms with E-state index in [9.17, 15) is 9.59 Å². The van der Waals surface area contributed by atoms with Crippen molar-refractivity contribution >= 4 is 44.9 Å². The summed E-state index contributed by atoms with van der Waals surface area (Å²) in [6.45, 7) is 4.68. The molecule has 9 heteroatoms. The van der Waals surface area contributed by atoms with Crippen LogP contribution in [-0.2, 0) is 17.8 Å². The molecule has 0 saturated heterocycles. The zero-order chi connectivity index (χ0) is 24.9. The molecular weight excluding hydrogens is 492 g/mol. The van der Waals surface area contributed by atoms with Gasteiger partial charge in [-0.05, 0) is 31.0 Å². The summed E-state index contributed by atoms with van der Waals surface area (Å²) in [5.41, 5.74) is 2.02. The number of ketones is 1. The van der Waals surface area contributed by atoms with Gasteiger partial charge in [0.1, 0.15) is 4.83 Å². The summed E-state index contributed by atoms with van der Waals surface area (Å²) in [7, 11) is 0. The van der Waals surface area contributed by atoms with E-state index in [1.54, 1.807) is 15.9 Å². The number of rotatable bonds is 6. The summed E-state index contributed by atoms with van der Waals surface area (Å²) in [4.78, 5) is 28.7. The molecule has 0 radical (unpaired) electrons. The molecule has 1 aliphatic heterocycles. The number of hydrogen-bond donors (Lipinski definition) is 0. The predicted octanol–water partition coefficient (Wildman–Crippen LogP) is 5.31. The molecule has 2 aromatic carbocycles. The SMILES string of the molecule is CCC1(C)Cc2c(sc3c2c(=O)n(-c2ccccc2)c2nnc(SCC(=O)c4ccccc4)n32)CO1. The molecule has 0 saturated carbocycles. The topological polar surface area (TPSA) is 78.5 Å². The predicted molar refractivity (Wildman–Crippen MR) is 143 cm³/mol. The van der Waals surface area contributed by atoms with Gasteiger partial charge in [-0.3, -0.25) is 9.59 Å². The molecule has 182 valence electrons. The van der Waals surface area contributed by atoms with Gasteiger partial charge in [-0.1, -0.05) is 67.2 Å². The number of hydrogen-bond acceptors (Lipinski definition) is 7. The van der Waals surface area contributed by atoms with Crippen molar-refractivity contribution in [3.05, 3.63) is 87.0 Å². The number of aromatic nitrogens is 4. The largest absolute Gasteiger partial charge is 0.369 e. The molecule has 0 aliphatic carbocycles. The highest BCUT2D eigenvalue weighted by atomic mass is 32.2. The average molecular weight is 517 g/mol. The highest BCUT2D eigenvalue weighted by molar-refractivity contribution is 7.99. The lowest BCUT2D eigenvalue weighted by Crippen LogP contribution is -2.34. The Morgan fingerprint density at radius 1 is 1.11 bits per heavy atom. The van der Waals surface area contributed by atoms with Crippen LogP contribution in [0.2, 0.25) is 0 Å². The quantitative estimate of drug-likeness (QED) is 0.225. The fourth-order valence-electron chi connectivity index (χ4n) is 4.60. The number of carbonyl (C=O) groups is 1. The number of benzene rings is 2. The maximum Gasteiger partial charge on any atom is 0.268 e. The van der Waals surface area contributed by atoms with E-state index in [-0.39, 0.29) is 22.7 Å². The van der Waals surface area contributed by atoms with Crippen LogP contribution in [0.25, 0.3) is 21.7 Å². The van der Waals surface area contributed by atoms with E-state index in [2.05, 4.69) is 24.0 Å². The van der Waals surface area contributed by atoms with E-state index in [0.29, 0.717) is 34.9 Å². The van der Waals surface area contributed by atoms with Crippen molar-refractivity contribution in [2.75, 3.05) is 5.75 Å². The molecule has 6 rings (SSSR count). The van der Waals surface area contributed by atoms with Crippen LogP contribution in [0.5, 0.6) is 0 Å². The second-order valence-electron chi connectivity index (χ2n) is 9.12. The van der Waals surface area contributed by atoms with E-state index >= 15 is 0 Å². The monoisotopic (exact) mass is 516 g/mol. The number of nitrogens with zero attached hydrogens (tertiary/aromatic N) is 4. The van der Waals surface area contributed by atoms with E-state index in [0.717, 1.165) is 27.4 Å². The van der Waals surface area contributed by atoms with Gasteiger partial charge in [-0.15, -0.1) is 21.5 Å². The maximum atomic E-state index is 14.0. The molecule has 3 aromatic heterocycles. The first kappa shape index (κ1) is 23.1. The molecule has 1 aliphatic rings. The number of ether oxygens (including phenoxy) is 1. The Hall–Kier alpha value is -3.27. The summed E-state index contributed by atoms with van der Waals surface area (Å²) in [6.07, 6.45) is 1.53. The highest BCUT2D eigenvalue weighted by Gasteiger charge is 2.34. The van der Waals surface area contributed by atoms with Crippen molar-refractivity contribution in [1.82, 2.24) is 19.2 Å². The fraction of sp³-hybridized carbons (Fsp3) is 0.259. The Morgan fingerprint density at radius 3 is 2.56 bits per heavy atom. The van der Waals surface area contributed by atoms with Crippen LogP contribution in [0.4, 0.5) is 0 Å². The van der Waals surface area contributed by atoms with Crippen LogP contribution >= 0.6 is 23.1 Å². The molecule has 4 heterocycles. The molecule has 7 nitrogen and oxygen atoms in total. The van der Waals surface area contributed by atoms with Gasteiger partial charge in [0.2, 0.25) is 5.78 Å². The number of thiophene rings is 1. The van der Waals surface area contributed by atoms with Crippen LogP contribution < -0.4 is 5.56 Å². The molecule has 1 atom stereocenters. The molecule has 1 unspecified atom stereocenters. The van der Waals surface area contributed by atoms with Gasteiger partial charge in [-0.25, -0.2) is 8.97 Å². The van der Waals surface area contributed by atoms with Gasteiger partial charge in [-0.2, -0.15) is 0 Å². The van der Waals surface area contributed by atoms with Crippen LogP contribution in [0.15, 0.2) is 70.6 Å². The summed E-state index contributed by atoms with van der Waals surface area (Å²) in [6, 6.07) is 18.7. The highest BCUT2D eigenvalue weighted by Crippen LogP contribution is 2.40. The van der Waals surface area contributed by atoms with Crippen LogP contribution in [0.3, 0.4) is 0 Å². The summed E-state index contributed by atoms with van der Waals surface area (Å²) >= 11 is 2.89. The van der Waals surface area contributed by atoms with Crippen molar-refractivity contribution in [2.45, 2.75) is 44.1 Å². The molecule has 36 heavy (non-hydrogen) atoms. The fourth-order valence-corrected chi connectivity index (χ4v) is 6.71. The third kappa shape index (κ3) is 3.78. The third-order valence-corrected chi connectivity index (χ3v) is 8.92. The number of Topliss-reactive ketones (excluding diaryl/α,β-unsaturated/α-hetero) is 1. The van der Waals surface area contributed by atoms with Crippen molar-refractivity contribution in [3.8, 4) is 5.69 Å². The van der Waals surface area contributed by atoms with Gasteiger partial charge in [0.15, 0.2) is 10.9 Å². The van der Waals surface area contributed by atoms with Gasteiger partial charge >= 0.3 is 0 Å². The first-order chi connectivity index (χ1) is 17.5. The van der Waals surface area contributed by atoms with E-state index in [1.165, 1.54) is 11.8 Å². The van der Waals surface area contributed by atoms with Crippen molar-refractivity contribution in [2.24, 2.45) is 0 Å². The van der Waals surface area contributed by atoms with Crippen LogP contribution in [0, 0.1) is 0 Å². The van der Waals surface area contributed by atoms with Gasteiger partial charge in [0.05, 0.1) is 29.0 Å². The lowest BCUT2D eigenvalue weighted by Gasteiger charge is -2.32. The standard InChI is InChI=1S/C27H24N4O3S2/c1-3-27(2)14-19-21(15-34-27)36-24-22(19)23(33)30(18-12-8-5-9-13-18)25-28-29-26(31(24)25)35-16-20(32)17-10-6-4-7-11-17/h4-13H,3,14-16H2,1-2H3. The Kier molecular flexibility index (Phi) is 5.78. The Balaban J connectivity index is 1.55. The van der Waals surface area contributed by atoms with Gasteiger partial charge in [0.25, 0.3) is 5.56 Å². The van der Waals surface area contributed by atoms with E-state index < -0.39 is 0 Å². The molecule has 0 N–H and O–H groups in total. The number of thioether (sulfide) groups is 1. The van der Waals surface area contributed by atoms with Crippen molar-refractivity contribution < 1.29 is 9.53 Å². The zero-order valence-electron chi connectivity index (χ0n) is 19.9. The van der Waals surface area contributed by atoms with Crippen molar-refractivity contribution in [3.63, 3.8) is 0 Å². The van der Waals surface area contributed by atoms with Crippen LogP contribution in [-0.4, -0.2) is 36.3 Å². The smallest absolute Gasteiger partial charge is 0.268 e. The minimum atomic E-state index is -0.313. The second-order valence-corrected chi connectivity index (χ2v) is 11.2. The Labute approximate surface area is 215 Å². The minimum Gasteiger partial charge on any atom is -0.369 e. The second kappa shape index (κ2) is 8.99. The summed E-state index contributed by atoms with van der Waals surface area (Å²) < 4.78 is 9.75. The van der Waals surface area contributed by atoms with Gasteiger partial charge < -0.3 is 4.74 Å². The summed E-state index contributed by atoms with van der Waals surface area (Å²) in [5.74, 6) is 0.674. The van der Waals surface area contributed by atoms with E-state index in [4.69, 9.17) is 4.74 Å². The lowest BCUT2D eigenvalue weighted by molar-refractivity contribution is -0.0543. The maximum absolute atomic E-state index is 14.0. The lowest BCUT2D eigenvalue weighted by atomic mass is 9.90.